The first-order valence-corrected chi connectivity index (χ1v) is 8.74. The van der Waals surface area contributed by atoms with Crippen LogP contribution in [0.1, 0.15) is 22.2 Å². The Morgan fingerprint density at radius 3 is 2.46 bits per heavy atom. The molecule has 0 saturated heterocycles. The van der Waals surface area contributed by atoms with E-state index in [1.807, 2.05) is 19.1 Å². The normalized spacial score (nSPS) is 10.1. The summed E-state index contributed by atoms with van der Waals surface area (Å²) >= 11 is 1.14. The third-order valence-electron chi connectivity index (χ3n) is 3.36. The monoisotopic (exact) mass is 377 g/mol. The zero-order valence-corrected chi connectivity index (χ0v) is 15.3. The molecule has 0 aliphatic rings. The summed E-state index contributed by atoms with van der Waals surface area (Å²) in [7, 11) is 1.26. The first kappa shape index (κ1) is 19.5. The molecular weight excluding hydrogens is 358 g/mol. The lowest BCUT2D eigenvalue weighted by Crippen LogP contribution is -2.24. The van der Waals surface area contributed by atoms with Crippen LogP contribution in [-0.4, -0.2) is 38.2 Å². The van der Waals surface area contributed by atoms with Gasteiger partial charge in [-0.1, -0.05) is 19.1 Å². The van der Waals surface area contributed by atoms with E-state index in [0.29, 0.717) is 11.4 Å². The molecule has 1 amide bonds. The van der Waals surface area contributed by atoms with Crippen molar-refractivity contribution >= 4 is 34.9 Å². The molecule has 0 radical (unpaired) electrons. The number of methoxy groups -OCH3 is 1. The first-order valence-electron chi connectivity index (χ1n) is 7.86. The van der Waals surface area contributed by atoms with Crippen molar-refractivity contribution in [1.82, 2.24) is 0 Å². The van der Waals surface area contributed by atoms with E-state index in [-0.39, 0.29) is 11.5 Å². The summed E-state index contributed by atoms with van der Waals surface area (Å²) in [4.78, 5) is 35.3. The average molecular weight is 377 g/mol. The van der Waals surface area contributed by atoms with Gasteiger partial charge in [0.05, 0.1) is 12.8 Å². The van der Waals surface area contributed by atoms with Gasteiger partial charge in [0.2, 0.25) is 0 Å². The van der Waals surface area contributed by atoms with Crippen LogP contribution in [0.15, 0.2) is 35.7 Å². The zero-order chi connectivity index (χ0) is 18.9. The minimum Gasteiger partial charge on any atom is -0.482 e. The maximum atomic E-state index is 11.8. The minimum absolute atomic E-state index is 0.269. The van der Waals surface area contributed by atoms with Crippen LogP contribution in [-0.2, 0) is 25.5 Å². The molecule has 2 rings (SSSR count). The number of hydrogen-bond donors (Lipinski definition) is 1. The molecule has 1 N–H and O–H groups in total. The van der Waals surface area contributed by atoms with Crippen molar-refractivity contribution in [2.45, 2.75) is 13.3 Å². The molecule has 7 nitrogen and oxygen atoms in total. The van der Waals surface area contributed by atoms with Gasteiger partial charge in [-0.25, -0.2) is 9.59 Å². The van der Waals surface area contributed by atoms with Crippen molar-refractivity contribution in [3.8, 4) is 5.75 Å². The van der Waals surface area contributed by atoms with Crippen LogP contribution in [0.4, 0.5) is 5.69 Å². The number of aryl methyl sites for hydroxylation is 1. The summed E-state index contributed by atoms with van der Waals surface area (Å²) in [6, 6.07) is 8.93. The second-order valence-corrected chi connectivity index (χ2v) is 6.07. The van der Waals surface area contributed by atoms with Crippen LogP contribution in [0.5, 0.6) is 5.75 Å². The van der Waals surface area contributed by atoms with Crippen molar-refractivity contribution in [2.75, 3.05) is 25.6 Å². The molecule has 0 spiro atoms. The maximum absolute atomic E-state index is 11.8. The van der Waals surface area contributed by atoms with Crippen LogP contribution in [0.3, 0.4) is 0 Å². The summed E-state index contributed by atoms with van der Waals surface area (Å²) < 4.78 is 14.8. The van der Waals surface area contributed by atoms with Crippen LogP contribution < -0.4 is 10.1 Å². The predicted molar refractivity (Wildman–Crippen MR) is 96.6 cm³/mol. The number of ether oxygens (including phenoxy) is 3. The Kier molecular flexibility index (Phi) is 7.16. The van der Waals surface area contributed by atoms with Gasteiger partial charge in [-0.2, -0.15) is 0 Å². The smallest absolute Gasteiger partial charge is 0.350 e. The van der Waals surface area contributed by atoms with E-state index >= 15 is 0 Å². The van der Waals surface area contributed by atoms with Crippen molar-refractivity contribution in [1.29, 1.82) is 0 Å². The van der Waals surface area contributed by atoms with Crippen LogP contribution in [0.25, 0.3) is 0 Å². The molecule has 0 saturated carbocycles. The number of hydrogen-bond acceptors (Lipinski definition) is 7. The van der Waals surface area contributed by atoms with Gasteiger partial charge in [0, 0.05) is 0 Å². The largest absolute Gasteiger partial charge is 0.482 e. The fourth-order valence-corrected chi connectivity index (χ4v) is 2.76. The van der Waals surface area contributed by atoms with Gasteiger partial charge < -0.3 is 19.5 Å². The molecule has 0 fully saturated rings. The third-order valence-corrected chi connectivity index (χ3v) is 4.26. The molecule has 138 valence electrons. The Morgan fingerprint density at radius 1 is 1.08 bits per heavy atom. The lowest BCUT2D eigenvalue weighted by atomic mass is 10.2. The molecule has 26 heavy (non-hydrogen) atoms. The lowest BCUT2D eigenvalue weighted by molar-refractivity contribution is -0.149. The number of esters is 2. The first-order chi connectivity index (χ1) is 12.5. The number of benzene rings is 1. The minimum atomic E-state index is -0.668. The molecule has 0 aliphatic carbocycles. The lowest BCUT2D eigenvalue weighted by Gasteiger charge is -2.08. The third kappa shape index (κ3) is 5.59. The molecule has 0 atom stereocenters. The van der Waals surface area contributed by atoms with Crippen molar-refractivity contribution in [3.63, 3.8) is 0 Å². The fraction of sp³-hybridized carbons (Fsp3) is 0.278. The number of thiophene rings is 1. The number of carbonyl (C=O) groups is 3. The Hall–Kier alpha value is -2.87. The average Bonchev–Trinajstić information content (AvgIpc) is 3.12. The summed E-state index contributed by atoms with van der Waals surface area (Å²) in [5.41, 5.74) is 1.48. The summed E-state index contributed by atoms with van der Waals surface area (Å²) in [5, 5.41) is 4.14. The Morgan fingerprint density at radius 2 is 1.81 bits per heavy atom. The van der Waals surface area contributed by atoms with Gasteiger partial charge in [-0.05, 0) is 35.6 Å². The van der Waals surface area contributed by atoms with Crippen LogP contribution >= 0.6 is 11.3 Å². The fourth-order valence-electron chi connectivity index (χ4n) is 2.00. The summed E-state index contributed by atoms with van der Waals surface area (Å²) in [6.45, 7) is 1.26. The van der Waals surface area contributed by atoms with Gasteiger partial charge in [0.1, 0.15) is 10.6 Å². The van der Waals surface area contributed by atoms with E-state index in [9.17, 15) is 14.4 Å². The zero-order valence-electron chi connectivity index (χ0n) is 14.4. The molecule has 1 heterocycles. The van der Waals surface area contributed by atoms with Crippen LogP contribution in [0, 0.1) is 0 Å². The van der Waals surface area contributed by atoms with E-state index in [1.54, 1.807) is 23.6 Å². The van der Waals surface area contributed by atoms with E-state index in [1.165, 1.54) is 7.11 Å². The van der Waals surface area contributed by atoms with Crippen molar-refractivity contribution in [2.24, 2.45) is 0 Å². The summed E-state index contributed by atoms with van der Waals surface area (Å²) in [5.74, 6) is -1.23. The number of nitrogens with one attached hydrogen (secondary N) is 1. The van der Waals surface area contributed by atoms with Crippen molar-refractivity contribution in [3.05, 3.63) is 46.2 Å². The Balaban J connectivity index is 1.75. The molecule has 8 heteroatoms. The van der Waals surface area contributed by atoms with Crippen LogP contribution in [0.2, 0.25) is 0 Å². The van der Waals surface area contributed by atoms with Gasteiger partial charge in [0.15, 0.2) is 13.2 Å². The van der Waals surface area contributed by atoms with Gasteiger partial charge >= 0.3 is 11.9 Å². The second kappa shape index (κ2) is 9.57. The van der Waals surface area contributed by atoms with Gasteiger partial charge in [0.25, 0.3) is 5.91 Å². The molecule has 1 aromatic carbocycles. The Labute approximate surface area is 154 Å². The molecular formula is C18H19NO6S. The quantitative estimate of drug-likeness (QED) is 0.711. The topological polar surface area (TPSA) is 90.9 Å². The van der Waals surface area contributed by atoms with E-state index in [0.717, 1.165) is 23.3 Å². The standard InChI is InChI=1S/C18H19NO6S/c1-3-12-4-6-13(7-5-12)24-11-16(21)25-10-15(20)19-14-8-9-26-17(14)18(22)23-2/h4-9H,3,10-11H2,1-2H3,(H,19,20). The highest BCUT2D eigenvalue weighted by Gasteiger charge is 2.16. The summed E-state index contributed by atoms with van der Waals surface area (Å²) in [6.07, 6.45) is 0.916. The molecule has 1 aromatic heterocycles. The second-order valence-electron chi connectivity index (χ2n) is 5.15. The van der Waals surface area contributed by atoms with E-state index in [2.05, 4.69) is 10.1 Å². The molecule has 0 unspecified atom stereocenters. The maximum Gasteiger partial charge on any atom is 0.350 e. The Bertz CT molecular complexity index is 768. The number of anilines is 1. The van der Waals surface area contributed by atoms with Crippen molar-refractivity contribution < 1.29 is 28.6 Å². The molecule has 2 aromatic rings. The number of rotatable bonds is 8. The SMILES string of the molecule is CCc1ccc(OCC(=O)OCC(=O)Nc2ccsc2C(=O)OC)cc1. The number of carbonyl (C=O) groups excluding carboxylic acids is 3. The molecule has 0 bridgehead atoms. The van der Waals surface area contributed by atoms with E-state index in [4.69, 9.17) is 9.47 Å². The predicted octanol–water partition coefficient (Wildman–Crippen LogP) is 2.66. The van der Waals surface area contributed by atoms with Gasteiger partial charge in [-0.3, -0.25) is 4.79 Å². The number of amides is 1. The van der Waals surface area contributed by atoms with Gasteiger partial charge in [-0.15, -0.1) is 11.3 Å². The van der Waals surface area contributed by atoms with E-state index < -0.39 is 24.5 Å². The highest BCUT2D eigenvalue weighted by molar-refractivity contribution is 7.12. The highest BCUT2D eigenvalue weighted by Crippen LogP contribution is 2.23. The molecule has 0 aliphatic heterocycles. The highest BCUT2D eigenvalue weighted by atomic mass is 32.1.